The van der Waals surface area contributed by atoms with Crippen molar-refractivity contribution in [3.63, 3.8) is 0 Å². The van der Waals surface area contributed by atoms with Gasteiger partial charge in [-0.2, -0.15) is 13.2 Å². The SMILES string of the molecule is C=C/C(CN1C(=O)N(c2ccc(SC(F)(F)F)cc2)C(=C)C1(C)C)=N\O. The van der Waals surface area contributed by atoms with Crippen LogP contribution < -0.4 is 4.90 Å². The molecule has 1 aromatic rings. The first-order valence-corrected chi connectivity index (χ1v) is 8.33. The molecule has 0 aliphatic carbocycles. The first-order chi connectivity index (χ1) is 12.0. The van der Waals surface area contributed by atoms with E-state index in [0.29, 0.717) is 11.4 Å². The van der Waals surface area contributed by atoms with Gasteiger partial charge in [0.15, 0.2) is 0 Å². The first kappa shape index (κ1) is 19.9. The van der Waals surface area contributed by atoms with Crippen LogP contribution in [0.1, 0.15) is 13.8 Å². The number of carbonyl (C=O) groups is 1. The number of rotatable bonds is 5. The number of benzene rings is 1. The van der Waals surface area contributed by atoms with Crippen LogP contribution in [-0.2, 0) is 0 Å². The number of nitrogens with zero attached hydrogens (tertiary/aromatic N) is 3. The third-order valence-corrected chi connectivity index (χ3v) is 4.83. The van der Waals surface area contributed by atoms with E-state index in [1.165, 1.54) is 40.1 Å². The molecule has 1 N–H and O–H groups in total. The molecule has 0 saturated carbocycles. The Balaban J connectivity index is 2.31. The Morgan fingerprint density at radius 2 is 1.92 bits per heavy atom. The highest BCUT2D eigenvalue weighted by Crippen LogP contribution is 2.40. The zero-order valence-corrected chi connectivity index (χ0v) is 15.1. The Bertz CT molecular complexity index is 758. The van der Waals surface area contributed by atoms with E-state index < -0.39 is 17.1 Å². The standard InChI is InChI=1S/C17H18F3N3O2S/c1-5-12(21-25)10-22-15(24)23(11(2)16(22,3)4)13-6-8-14(9-7-13)26-17(18,19)20/h5-9,25H,1-2,10H2,3-4H3/b21-12+. The summed E-state index contributed by atoms with van der Waals surface area (Å²) in [5.74, 6) is 0. The Kier molecular flexibility index (Phi) is 5.41. The fraction of sp³-hybridized carbons (Fsp3) is 0.294. The lowest BCUT2D eigenvalue weighted by Crippen LogP contribution is -2.44. The maximum absolute atomic E-state index is 12.8. The van der Waals surface area contributed by atoms with Crippen molar-refractivity contribution in [1.29, 1.82) is 0 Å². The fourth-order valence-corrected chi connectivity index (χ4v) is 3.07. The quantitative estimate of drug-likeness (QED) is 0.341. The molecule has 1 fully saturated rings. The molecule has 1 aliphatic rings. The summed E-state index contributed by atoms with van der Waals surface area (Å²) < 4.78 is 37.3. The van der Waals surface area contributed by atoms with Crippen LogP contribution in [0.25, 0.3) is 0 Å². The second-order valence-electron chi connectivity index (χ2n) is 6.05. The van der Waals surface area contributed by atoms with Crippen molar-refractivity contribution in [2.24, 2.45) is 5.16 Å². The number of carbonyl (C=O) groups excluding carboxylic acids is 1. The molecule has 0 bridgehead atoms. The fourth-order valence-electron chi connectivity index (χ4n) is 2.53. The van der Waals surface area contributed by atoms with E-state index in [1.807, 2.05) is 0 Å². The van der Waals surface area contributed by atoms with Gasteiger partial charge >= 0.3 is 11.5 Å². The van der Waals surface area contributed by atoms with Gasteiger partial charge in [-0.05, 0) is 56.0 Å². The van der Waals surface area contributed by atoms with E-state index in [4.69, 9.17) is 5.21 Å². The summed E-state index contributed by atoms with van der Waals surface area (Å²) in [6, 6.07) is 5.05. The van der Waals surface area contributed by atoms with Crippen LogP contribution in [0.4, 0.5) is 23.7 Å². The third kappa shape index (κ3) is 3.87. The molecule has 0 spiro atoms. The molecule has 2 amide bonds. The molecule has 1 aromatic carbocycles. The Labute approximate surface area is 153 Å². The van der Waals surface area contributed by atoms with Gasteiger partial charge < -0.3 is 10.1 Å². The minimum absolute atomic E-state index is 0.0172. The molecule has 2 rings (SSSR count). The second kappa shape index (κ2) is 7.06. The Hall–Kier alpha value is -2.42. The highest BCUT2D eigenvalue weighted by Gasteiger charge is 2.47. The smallest absolute Gasteiger partial charge is 0.411 e. The third-order valence-electron chi connectivity index (χ3n) is 4.09. The molecule has 26 heavy (non-hydrogen) atoms. The Morgan fingerprint density at radius 1 is 1.35 bits per heavy atom. The lowest BCUT2D eigenvalue weighted by atomic mass is 10.0. The van der Waals surface area contributed by atoms with Crippen LogP contribution in [-0.4, -0.2) is 39.4 Å². The molecule has 1 heterocycles. The van der Waals surface area contributed by atoms with Crippen molar-refractivity contribution in [1.82, 2.24) is 4.90 Å². The van der Waals surface area contributed by atoms with Gasteiger partial charge in [-0.25, -0.2) is 4.79 Å². The number of alkyl halides is 3. The van der Waals surface area contributed by atoms with Gasteiger partial charge in [-0.15, -0.1) is 0 Å². The van der Waals surface area contributed by atoms with Gasteiger partial charge in [0.1, 0.15) is 0 Å². The highest BCUT2D eigenvalue weighted by molar-refractivity contribution is 8.00. The molecular formula is C17H18F3N3O2S. The number of halogens is 3. The highest BCUT2D eigenvalue weighted by atomic mass is 32.2. The van der Waals surface area contributed by atoms with Crippen LogP contribution in [0.15, 0.2) is 59.2 Å². The number of thioether (sulfide) groups is 1. The molecule has 1 saturated heterocycles. The summed E-state index contributed by atoms with van der Waals surface area (Å²) in [5, 5.41) is 12.0. The van der Waals surface area contributed by atoms with Crippen LogP contribution in [0.3, 0.4) is 0 Å². The number of hydrogen-bond donors (Lipinski definition) is 1. The lowest BCUT2D eigenvalue weighted by Gasteiger charge is -2.29. The largest absolute Gasteiger partial charge is 0.446 e. The van der Waals surface area contributed by atoms with E-state index in [1.54, 1.807) is 13.8 Å². The van der Waals surface area contributed by atoms with Gasteiger partial charge in [0.25, 0.3) is 0 Å². The first-order valence-electron chi connectivity index (χ1n) is 7.51. The molecule has 0 radical (unpaired) electrons. The maximum Gasteiger partial charge on any atom is 0.446 e. The molecular weight excluding hydrogens is 367 g/mol. The van der Waals surface area contributed by atoms with Crippen LogP contribution in [0.2, 0.25) is 0 Å². The monoisotopic (exact) mass is 385 g/mol. The van der Waals surface area contributed by atoms with Crippen LogP contribution in [0.5, 0.6) is 0 Å². The van der Waals surface area contributed by atoms with Crippen molar-refractivity contribution < 1.29 is 23.2 Å². The maximum atomic E-state index is 12.8. The number of urea groups is 1. The molecule has 0 aromatic heterocycles. The topological polar surface area (TPSA) is 56.1 Å². The van der Waals surface area contributed by atoms with E-state index >= 15 is 0 Å². The van der Waals surface area contributed by atoms with Crippen LogP contribution >= 0.6 is 11.8 Å². The number of anilines is 1. The molecule has 9 heteroatoms. The van der Waals surface area contributed by atoms with E-state index in [0.717, 1.165) is 0 Å². The predicted octanol–water partition coefficient (Wildman–Crippen LogP) is 4.85. The molecule has 0 atom stereocenters. The van der Waals surface area contributed by atoms with Crippen molar-refractivity contribution in [3.8, 4) is 0 Å². The summed E-state index contributed by atoms with van der Waals surface area (Å²) >= 11 is -0.223. The molecule has 1 aliphatic heterocycles. The van der Waals surface area contributed by atoms with Crippen molar-refractivity contribution in [3.05, 3.63) is 49.2 Å². The van der Waals surface area contributed by atoms with Gasteiger partial charge in [0.05, 0.1) is 23.5 Å². The normalized spacial score (nSPS) is 17.8. The summed E-state index contributed by atoms with van der Waals surface area (Å²) in [7, 11) is 0. The number of hydrogen-bond acceptors (Lipinski definition) is 4. The predicted molar refractivity (Wildman–Crippen MR) is 95.6 cm³/mol. The van der Waals surface area contributed by atoms with Crippen molar-refractivity contribution >= 4 is 29.2 Å². The lowest BCUT2D eigenvalue weighted by molar-refractivity contribution is -0.0328. The summed E-state index contributed by atoms with van der Waals surface area (Å²) in [6.07, 6.45) is 1.33. The second-order valence-corrected chi connectivity index (χ2v) is 7.19. The van der Waals surface area contributed by atoms with Crippen LogP contribution in [0, 0.1) is 0 Å². The number of amides is 2. The van der Waals surface area contributed by atoms with Gasteiger partial charge in [0, 0.05) is 10.6 Å². The molecule has 5 nitrogen and oxygen atoms in total. The zero-order chi connectivity index (χ0) is 19.7. The molecule has 0 unspecified atom stereocenters. The number of oxime groups is 1. The van der Waals surface area contributed by atoms with Gasteiger partial charge in [-0.3, -0.25) is 4.90 Å². The van der Waals surface area contributed by atoms with E-state index in [9.17, 15) is 18.0 Å². The van der Waals surface area contributed by atoms with Gasteiger partial charge in [0.2, 0.25) is 0 Å². The summed E-state index contributed by atoms with van der Waals surface area (Å²) in [6.45, 7) is 11.1. The average molecular weight is 385 g/mol. The average Bonchev–Trinajstić information content (AvgIpc) is 2.71. The van der Waals surface area contributed by atoms with Crippen molar-refractivity contribution in [2.75, 3.05) is 11.4 Å². The van der Waals surface area contributed by atoms with Gasteiger partial charge in [-0.1, -0.05) is 18.3 Å². The van der Waals surface area contributed by atoms with E-state index in [2.05, 4.69) is 18.3 Å². The Morgan fingerprint density at radius 3 is 2.38 bits per heavy atom. The summed E-state index contributed by atoms with van der Waals surface area (Å²) in [5.41, 5.74) is -4.09. The summed E-state index contributed by atoms with van der Waals surface area (Å²) in [4.78, 5) is 15.7. The molecule has 140 valence electrons. The minimum atomic E-state index is -4.38. The van der Waals surface area contributed by atoms with E-state index in [-0.39, 0.29) is 28.9 Å². The minimum Gasteiger partial charge on any atom is -0.411 e. The zero-order valence-electron chi connectivity index (χ0n) is 14.2. The van der Waals surface area contributed by atoms with Crippen molar-refractivity contribution in [2.45, 2.75) is 29.8 Å².